The lowest BCUT2D eigenvalue weighted by molar-refractivity contribution is -0.157. The first kappa shape index (κ1) is 36.6. The van der Waals surface area contributed by atoms with Gasteiger partial charge >= 0.3 is 5.97 Å². The molecular formula is C33H63NO4. The van der Waals surface area contributed by atoms with Crippen LogP contribution >= 0.6 is 0 Å². The molecule has 0 aromatic rings. The fourth-order valence-corrected chi connectivity index (χ4v) is 5.16. The monoisotopic (exact) mass is 537 g/mol. The van der Waals surface area contributed by atoms with E-state index in [-0.39, 0.29) is 24.7 Å². The second-order valence-corrected chi connectivity index (χ2v) is 11.4. The third-order valence-corrected chi connectivity index (χ3v) is 7.77. The fourth-order valence-electron chi connectivity index (χ4n) is 5.16. The summed E-state index contributed by atoms with van der Waals surface area (Å²) in [5.41, 5.74) is 0. The number of aliphatic carboxylic acids is 1. The van der Waals surface area contributed by atoms with Crippen molar-refractivity contribution in [3.63, 3.8) is 0 Å². The number of rotatable bonds is 28. The first-order chi connectivity index (χ1) is 18.5. The molecule has 0 bridgehead atoms. The largest absolute Gasteiger partial charge is 0.480 e. The van der Waals surface area contributed by atoms with Gasteiger partial charge in [-0.15, -0.1) is 0 Å². The Balaban J connectivity index is 3.96. The lowest BCUT2D eigenvalue weighted by Crippen LogP contribution is -2.47. The number of imide groups is 1. The van der Waals surface area contributed by atoms with E-state index in [1.54, 1.807) is 0 Å². The van der Waals surface area contributed by atoms with Gasteiger partial charge in [0.15, 0.2) is 0 Å². The van der Waals surface area contributed by atoms with Gasteiger partial charge in [0.2, 0.25) is 11.8 Å². The van der Waals surface area contributed by atoms with Crippen LogP contribution in [0.2, 0.25) is 0 Å². The van der Waals surface area contributed by atoms with E-state index in [4.69, 9.17) is 0 Å². The van der Waals surface area contributed by atoms with Gasteiger partial charge in [-0.3, -0.25) is 14.5 Å². The number of carbonyl (C=O) groups is 3. The van der Waals surface area contributed by atoms with E-state index in [9.17, 15) is 19.5 Å². The molecule has 0 fully saturated rings. The summed E-state index contributed by atoms with van der Waals surface area (Å²) in [7, 11) is 0. The molecule has 1 N–H and O–H groups in total. The minimum Gasteiger partial charge on any atom is -0.480 e. The van der Waals surface area contributed by atoms with Crippen molar-refractivity contribution in [2.24, 2.45) is 0 Å². The highest BCUT2D eigenvalue weighted by Crippen LogP contribution is 2.16. The van der Waals surface area contributed by atoms with Crippen LogP contribution in [0.25, 0.3) is 0 Å². The maximum Gasteiger partial charge on any atom is 0.326 e. The molecule has 0 rings (SSSR count). The molecule has 0 saturated carbocycles. The summed E-state index contributed by atoms with van der Waals surface area (Å²) in [6.45, 7) is 5.93. The van der Waals surface area contributed by atoms with Gasteiger partial charge in [-0.25, -0.2) is 4.79 Å². The lowest BCUT2D eigenvalue weighted by Gasteiger charge is -2.25. The molecule has 0 aromatic heterocycles. The molecule has 0 heterocycles. The SMILES string of the molecule is CCCCCCCCCCCCCCCCCC(=O)N(C(=O)CCCCCCCCCCC)C(C)C(=O)O. The van der Waals surface area contributed by atoms with Crippen LogP contribution in [0.1, 0.15) is 188 Å². The molecule has 1 atom stereocenters. The standard InChI is InChI=1S/C33H63NO4/c1-4-6-8-10-12-14-15-16-17-18-19-21-23-25-27-29-32(36)34(30(3)33(37)38)31(35)28-26-24-22-20-13-11-9-7-5-2/h30H,4-29H2,1-3H3,(H,37,38). The highest BCUT2D eigenvalue weighted by molar-refractivity contribution is 5.99. The zero-order valence-corrected chi connectivity index (χ0v) is 25.6. The second-order valence-electron chi connectivity index (χ2n) is 11.4. The predicted octanol–water partition coefficient (Wildman–Crippen LogP) is 10.00. The maximum absolute atomic E-state index is 12.8. The topological polar surface area (TPSA) is 74.7 Å². The van der Waals surface area contributed by atoms with Gasteiger partial charge in [0.25, 0.3) is 0 Å². The van der Waals surface area contributed by atoms with Gasteiger partial charge in [0.05, 0.1) is 0 Å². The van der Waals surface area contributed by atoms with Crippen molar-refractivity contribution < 1.29 is 19.5 Å². The van der Waals surface area contributed by atoms with E-state index in [1.807, 2.05) is 0 Å². The quantitative estimate of drug-likeness (QED) is 0.101. The van der Waals surface area contributed by atoms with Crippen molar-refractivity contribution in [1.82, 2.24) is 4.90 Å². The van der Waals surface area contributed by atoms with Crippen LogP contribution in [0, 0.1) is 0 Å². The molecule has 0 radical (unpaired) electrons. The third-order valence-electron chi connectivity index (χ3n) is 7.77. The van der Waals surface area contributed by atoms with Crippen LogP contribution in [0.4, 0.5) is 0 Å². The van der Waals surface area contributed by atoms with E-state index in [2.05, 4.69) is 13.8 Å². The lowest BCUT2D eigenvalue weighted by atomic mass is 10.0. The Bertz CT molecular complexity index is 577. The number of amides is 2. The van der Waals surface area contributed by atoms with Gasteiger partial charge in [-0.2, -0.15) is 0 Å². The summed E-state index contributed by atoms with van der Waals surface area (Å²) in [6.07, 6.45) is 29.8. The molecule has 0 spiro atoms. The summed E-state index contributed by atoms with van der Waals surface area (Å²) >= 11 is 0. The molecule has 0 aliphatic heterocycles. The zero-order chi connectivity index (χ0) is 28.3. The normalized spacial score (nSPS) is 12.0. The highest BCUT2D eigenvalue weighted by atomic mass is 16.4. The molecule has 0 aliphatic carbocycles. The van der Waals surface area contributed by atoms with E-state index < -0.39 is 12.0 Å². The third kappa shape index (κ3) is 21.5. The number of nitrogens with zero attached hydrogens (tertiary/aromatic N) is 1. The predicted molar refractivity (Wildman–Crippen MR) is 160 cm³/mol. The molecule has 5 heteroatoms. The molecule has 38 heavy (non-hydrogen) atoms. The molecule has 0 aliphatic rings. The minimum atomic E-state index is -1.12. The average Bonchev–Trinajstić information content (AvgIpc) is 2.90. The number of hydrogen-bond acceptors (Lipinski definition) is 3. The number of carbonyl (C=O) groups excluding carboxylic acids is 2. The summed E-state index contributed by atoms with van der Waals surface area (Å²) in [5, 5.41) is 9.44. The van der Waals surface area contributed by atoms with Gasteiger partial charge in [-0.1, -0.05) is 155 Å². The van der Waals surface area contributed by atoms with Crippen molar-refractivity contribution in [3.8, 4) is 0 Å². The van der Waals surface area contributed by atoms with Gasteiger partial charge in [-0.05, 0) is 19.8 Å². The molecule has 5 nitrogen and oxygen atoms in total. The van der Waals surface area contributed by atoms with Crippen LogP contribution < -0.4 is 0 Å². The number of hydrogen-bond donors (Lipinski definition) is 1. The first-order valence-corrected chi connectivity index (χ1v) is 16.5. The first-order valence-electron chi connectivity index (χ1n) is 16.5. The van der Waals surface area contributed by atoms with E-state index in [0.717, 1.165) is 43.4 Å². The van der Waals surface area contributed by atoms with Crippen molar-refractivity contribution >= 4 is 17.8 Å². The Morgan fingerprint density at radius 1 is 0.474 bits per heavy atom. The number of unbranched alkanes of at least 4 members (excludes halogenated alkanes) is 22. The molecular weight excluding hydrogens is 474 g/mol. The van der Waals surface area contributed by atoms with Crippen LogP contribution in [-0.2, 0) is 14.4 Å². The minimum absolute atomic E-state index is 0.262. The van der Waals surface area contributed by atoms with Crippen molar-refractivity contribution in [2.45, 2.75) is 194 Å². The Labute approximate surface area is 235 Å². The van der Waals surface area contributed by atoms with E-state index in [0.29, 0.717) is 0 Å². The Hall–Kier alpha value is -1.39. The van der Waals surface area contributed by atoms with Crippen LogP contribution in [0.3, 0.4) is 0 Å². The van der Waals surface area contributed by atoms with Crippen LogP contribution in [0.5, 0.6) is 0 Å². The fraction of sp³-hybridized carbons (Fsp3) is 0.909. The van der Waals surface area contributed by atoms with E-state index >= 15 is 0 Å². The van der Waals surface area contributed by atoms with Crippen molar-refractivity contribution in [1.29, 1.82) is 0 Å². The molecule has 0 aromatic carbocycles. The Morgan fingerprint density at radius 3 is 0.947 bits per heavy atom. The summed E-state index contributed by atoms with van der Waals surface area (Å²) in [5.74, 6) is -1.76. The zero-order valence-electron chi connectivity index (χ0n) is 25.6. The smallest absolute Gasteiger partial charge is 0.326 e. The van der Waals surface area contributed by atoms with Crippen molar-refractivity contribution in [3.05, 3.63) is 0 Å². The molecule has 224 valence electrons. The second kappa shape index (κ2) is 27.2. The molecule has 0 saturated heterocycles. The van der Waals surface area contributed by atoms with Crippen LogP contribution in [-0.4, -0.2) is 33.8 Å². The summed E-state index contributed by atoms with van der Waals surface area (Å²) < 4.78 is 0. The molecule has 1 unspecified atom stereocenters. The van der Waals surface area contributed by atoms with E-state index in [1.165, 1.54) is 122 Å². The summed E-state index contributed by atoms with van der Waals surface area (Å²) in [6, 6.07) is -1.09. The summed E-state index contributed by atoms with van der Waals surface area (Å²) in [4.78, 5) is 38.1. The van der Waals surface area contributed by atoms with Crippen molar-refractivity contribution in [2.75, 3.05) is 0 Å². The van der Waals surface area contributed by atoms with Gasteiger partial charge < -0.3 is 5.11 Å². The molecule has 2 amide bonds. The number of carboxylic acid groups (broad SMARTS) is 1. The maximum atomic E-state index is 12.8. The Kier molecular flexibility index (Phi) is 26.2. The van der Waals surface area contributed by atoms with Gasteiger partial charge in [0, 0.05) is 12.8 Å². The highest BCUT2D eigenvalue weighted by Gasteiger charge is 2.30. The average molecular weight is 538 g/mol. The van der Waals surface area contributed by atoms with Gasteiger partial charge in [0.1, 0.15) is 6.04 Å². The Morgan fingerprint density at radius 2 is 0.711 bits per heavy atom. The van der Waals surface area contributed by atoms with Crippen LogP contribution in [0.15, 0.2) is 0 Å². The number of carboxylic acids is 1.